The van der Waals surface area contributed by atoms with Gasteiger partial charge in [-0.2, -0.15) is 5.26 Å². The molecule has 0 saturated carbocycles. The quantitative estimate of drug-likeness (QED) is 0.824. The first kappa shape index (κ1) is 12.7. The van der Waals surface area contributed by atoms with Crippen molar-refractivity contribution in [3.63, 3.8) is 0 Å². The molecule has 0 radical (unpaired) electrons. The molecule has 86 valence electrons. The zero-order valence-corrected chi connectivity index (χ0v) is 9.81. The molecule has 16 heavy (non-hydrogen) atoms. The van der Waals surface area contributed by atoms with Crippen molar-refractivity contribution in [3.8, 4) is 6.07 Å². The Morgan fingerprint density at radius 1 is 1.44 bits per heavy atom. The number of nitriles is 1. The van der Waals surface area contributed by atoms with Gasteiger partial charge in [0.15, 0.2) is 5.54 Å². The van der Waals surface area contributed by atoms with Crippen molar-refractivity contribution in [2.24, 2.45) is 5.73 Å². The van der Waals surface area contributed by atoms with Gasteiger partial charge in [0.1, 0.15) is 0 Å². The van der Waals surface area contributed by atoms with Crippen LogP contribution in [0.2, 0.25) is 0 Å². The van der Waals surface area contributed by atoms with E-state index in [0.29, 0.717) is 0 Å². The van der Waals surface area contributed by atoms with Crippen LogP contribution in [0.4, 0.5) is 0 Å². The average Bonchev–Trinajstić information content (AvgIpc) is 2.36. The van der Waals surface area contributed by atoms with Gasteiger partial charge in [0.05, 0.1) is 18.8 Å². The van der Waals surface area contributed by atoms with Crippen LogP contribution in [0.25, 0.3) is 0 Å². The summed E-state index contributed by atoms with van der Waals surface area (Å²) in [6, 6.07) is 11.5. The topological polar surface area (TPSA) is 59.0 Å². The molecule has 0 aliphatic rings. The van der Waals surface area contributed by atoms with Crippen molar-refractivity contribution in [2.45, 2.75) is 31.9 Å². The van der Waals surface area contributed by atoms with E-state index in [1.807, 2.05) is 44.2 Å². The van der Waals surface area contributed by atoms with E-state index in [9.17, 15) is 0 Å². The van der Waals surface area contributed by atoms with Crippen LogP contribution < -0.4 is 5.73 Å². The molecule has 3 nitrogen and oxygen atoms in total. The summed E-state index contributed by atoms with van der Waals surface area (Å²) in [5.41, 5.74) is 5.78. The number of hydrogen-bond acceptors (Lipinski definition) is 3. The summed E-state index contributed by atoms with van der Waals surface area (Å²) in [5.74, 6) is 0. The van der Waals surface area contributed by atoms with Crippen LogP contribution in [-0.2, 0) is 10.3 Å². The molecular weight excluding hydrogens is 200 g/mol. The molecule has 0 fully saturated rings. The molecule has 1 aromatic carbocycles. The zero-order valence-electron chi connectivity index (χ0n) is 9.81. The van der Waals surface area contributed by atoms with Crippen LogP contribution in [-0.4, -0.2) is 12.7 Å². The van der Waals surface area contributed by atoms with Crippen molar-refractivity contribution in [2.75, 3.05) is 6.61 Å². The highest BCUT2D eigenvalue weighted by Crippen LogP contribution is 2.18. The second-order valence-corrected chi connectivity index (χ2v) is 3.98. The van der Waals surface area contributed by atoms with Crippen molar-refractivity contribution in [1.82, 2.24) is 0 Å². The predicted molar refractivity (Wildman–Crippen MR) is 63.6 cm³/mol. The van der Waals surface area contributed by atoms with Gasteiger partial charge >= 0.3 is 0 Å². The van der Waals surface area contributed by atoms with Crippen LogP contribution in [0.5, 0.6) is 0 Å². The lowest BCUT2D eigenvalue weighted by atomic mass is 9.93. The van der Waals surface area contributed by atoms with Gasteiger partial charge in [-0.25, -0.2) is 0 Å². The molecule has 2 N–H and O–H groups in total. The van der Waals surface area contributed by atoms with Crippen LogP contribution in [0.15, 0.2) is 30.3 Å². The Balaban J connectivity index is 2.76. The van der Waals surface area contributed by atoms with Gasteiger partial charge in [-0.05, 0) is 18.9 Å². The molecule has 0 aliphatic heterocycles. The van der Waals surface area contributed by atoms with Gasteiger partial charge in [-0.15, -0.1) is 0 Å². The van der Waals surface area contributed by atoms with Gasteiger partial charge in [0.2, 0.25) is 0 Å². The summed E-state index contributed by atoms with van der Waals surface area (Å²) < 4.78 is 5.55. The minimum atomic E-state index is -1.05. The Morgan fingerprint density at radius 2 is 2.06 bits per heavy atom. The van der Waals surface area contributed by atoms with Gasteiger partial charge < -0.3 is 10.5 Å². The summed E-state index contributed by atoms with van der Waals surface area (Å²) in [6.07, 6.45) is 1.04. The molecule has 2 unspecified atom stereocenters. The fourth-order valence-corrected chi connectivity index (χ4v) is 1.31. The molecule has 2 atom stereocenters. The van der Waals surface area contributed by atoms with Crippen LogP contribution >= 0.6 is 0 Å². The van der Waals surface area contributed by atoms with Crippen molar-refractivity contribution in [1.29, 1.82) is 5.26 Å². The standard InChI is InChI=1S/C13H18N2O/c1-3-11(2)16-10-13(15,9-14)12-7-5-4-6-8-12/h4-8,11H,3,10,15H2,1-2H3. The maximum atomic E-state index is 9.17. The fraction of sp³-hybridized carbons (Fsp3) is 0.462. The van der Waals surface area contributed by atoms with Crippen molar-refractivity contribution >= 4 is 0 Å². The summed E-state index contributed by atoms with van der Waals surface area (Å²) in [4.78, 5) is 0. The minimum Gasteiger partial charge on any atom is -0.375 e. The maximum Gasteiger partial charge on any atom is 0.153 e. The molecule has 0 spiro atoms. The highest BCUT2D eigenvalue weighted by molar-refractivity contribution is 5.30. The normalized spacial score (nSPS) is 16.1. The first-order chi connectivity index (χ1) is 7.62. The third-order valence-corrected chi connectivity index (χ3v) is 2.66. The highest BCUT2D eigenvalue weighted by atomic mass is 16.5. The molecular formula is C13H18N2O. The monoisotopic (exact) mass is 218 g/mol. The van der Waals surface area contributed by atoms with Gasteiger partial charge in [-0.3, -0.25) is 0 Å². The minimum absolute atomic E-state index is 0.125. The maximum absolute atomic E-state index is 9.17. The Morgan fingerprint density at radius 3 is 2.56 bits per heavy atom. The van der Waals surface area contributed by atoms with Gasteiger partial charge in [0, 0.05) is 0 Å². The SMILES string of the molecule is CCC(C)OCC(N)(C#N)c1ccccc1. The Labute approximate surface area is 96.8 Å². The third-order valence-electron chi connectivity index (χ3n) is 2.66. The zero-order chi connectivity index (χ0) is 12.0. The molecule has 0 heterocycles. The summed E-state index contributed by atoms with van der Waals surface area (Å²) in [7, 11) is 0. The predicted octanol–water partition coefficient (Wildman–Crippen LogP) is 2.18. The first-order valence-electron chi connectivity index (χ1n) is 5.49. The van der Waals surface area contributed by atoms with E-state index in [1.165, 1.54) is 0 Å². The number of ether oxygens (including phenoxy) is 1. The lowest BCUT2D eigenvalue weighted by Gasteiger charge is -2.23. The van der Waals surface area contributed by atoms with Crippen molar-refractivity contribution < 1.29 is 4.74 Å². The van der Waals surface area contributed by atoms with E-state index in [4.69, 9.17) is 15.7 Å². The number of nitrogens with zero attached hydrogens (tertiary/aromatic N) is 1. The molecule has 0 aliphatic carbocycles. The van der Waals surface area contributed by atoms with E-state index in [0.717, 1.165) is 12.0 Å². The molecule has 1 aromatic rings. The lowest BCUT2D eigenvalue weighted by Crippen LogP contribution is -2.40. The molecule has 0 amide bonds. The average molecular weight is 218 g/mol. The molecule has 0 aromatic heterocycles. The van der Waals surface area contributed by atoms with E-state index in [2.05, 4.69) is 6.07 Å². The highest BCUT2D eigenvalue weighted by Gasteiger charge is 2.27. The number of hydrogen-bond donors (Lipinski definition) is 1. The molecule has 3 heteroatoms. The number of rotatable bonds is 5. The Bertz CT molecular complexity index is 358. The summed E-state index contributed by atoms with van der Waals surface area (Å²) in [5, 5.41) is 9.17. The smallest absolute Gasteiger partial charge is 0.153 e. The second-order valence-electron chi connectivity index (χ2n) is 3.98. The van der Waals surface area contributed by atoms with E-state index >= 15 is 0 Å². The summed E-state index contributed by atoms with van der Waals surface area (Å²) >= 11 is 0. The third kappa shape index (κ3) is 3.06. The molecule has 0 saturated heterocycles. The van der Waals surface area contributed by atoms with Crippen LogP contribution in [0, 0.1) is 11.3 Å². The van der Waals surface area contributed by atoms with Crippen LogP contribution in [0.1, 0.15) is 25.8 Å². The fourth-order valence-electron chi connectivity index (χ4n) is 1.31. The van der Waals surface area contributed by atoms with Crippen molar-refractivity contribution in [3.05, 3.63) is 35.9 Å². The molecule has 0 bridgehead atoms. The van der Waals surface area contributed by atoms with Crippen LogP contribution in [0.3, 0.4) is 0 Å². The second kappa shape index (κ2) is 5.64. The Kier molecular flexibility index (Phi) is 4.48. The van der Waals surface area contributed by atoms with E-state index < -0.39 is 5.54 Å². The Hall–Kier alpha value is -1.37. The number of nitrogens with two attached hydrogens (primary N) is 1. The number of benzene rings is 1. The summed E-state index contributed by atoms with van der Waals surface area (Å²) in [6.45, 7) is 4.24. The lowest BCUT2D eigenvalue weighted by molar-refractivity contribution is 0.0401. The van der Waals surface area contributed by atoms with E-state index in [1.54, 1.807) is 0 Å². The molecule has 1 rings (SSSR count). The largest absolute Gasteiger partial charge is 0.375 e. The van der Waals surface area contributed by atoms with Gasteiger partial charge in [0.25, 0.3) is 0 Å². The van der Waals surface area contributed by atoms with E-state index in [-0.39, 0.29) is 12.7 Å². The first-order valence-corrected chi connectivity index (χ1v) is 5.49. The van der Waals surface area contributed by atoms with Gasteiger partial charge in [-0.1, -0.05) is 37.3 Å².